The summed E-state index contributed by atoms with van der Waals surface area (Å²) in [4.78, 5) is 15.8. The third kappa shape index (κ3) is 3.15. The van der Waals surface area contributed by atoms with Crippen LogP contribution in [-0.2, 0) is 4.79 Å². The number of anilines is 1. The Hall–Kier alpha value is -3.92. The maximum Gasteiger partial charge on any atom is 0.256 e. The van der Waals surface area contributed by atoms with Gasteiger partial charge in [0.15, 0.2) is 0 Å². The molecule has 4 heteroatoms. The predicted molar refractivity (Wildman–Crippen MR) is 115 cm³/mol. The molecule has 140 valence electrons. The lowest BCUT2D eigenvalue weighted by Crippen LogP contribution is -2.03. The molecule has 0 aliphatic carbocycles. The van der Waals surface area contributed by atoms with Crippen molar-refractivity contribution in [2.24, 2.45) is 0 Å². The Labute approximate surface area is 167 Å². The lowest BCUT2D eigenvalue weighted by Gasteiger charge is -2.11. The molecule has 29 heavy (non-hydrogen) atoms. The minimum atomic E-state index is -0.255. The molecule has 0 spiro atoms. The molecule has 3 nitrogen and oxygen atoms in total. The van der Waals surface area contributed by atoms with Gasteiger partial charge in [-0.05, 0) is 64.7 Å². The van der Waals surface area contributed by atoms with Crippen molar-refractivity contribution < 1.29 is 9.18 Å². The largest absolute Gasteiger partial charge is 0.362 e. The van der Waals surface area contributed by atoms with E-state index in [9.17, 15) is 9.18 Å². The van der Waals surface area contributed by atoms with Gasteiger partial charge in [-0.2, -0.15) is 0 Å². The van der Waals surface area contributed by atoms with Crippen molar-refractivity contribution in [3.05, 3.63) is 102 Å². The first kappa shape index (κ1) is 17.2. The van der Waals surface area contributed by atoms with Gasteiger partial charge in [0.1, 0.15) is 5.82 Å². The number of carbonyl (C=O) groups is 1. The maximum absolute atomic E-state index is 13.3. The van der Waals surface area contributed by atoms with Gasteiger partial charge in [0.2, 0.25) is 0 Å². The minimum Gasteiger partial charge on any atom is -0.362 e. The molecule has 1 aliphatic rings. The van der Waals surface area contributed by atoms with E-state index in [-0.39, 0.29) is 11.7 Å². The van der Waals surface area contributed by atoms with Crippen molar-refractivity contribution in [1.29, 1.82) is 0 Å². The highest BCUT2D eigenvalue weighted by atomic mass is 19.1. The molecular formula is C25H17FN2O. The molecule has 0 fully saturated rings. The van der Waals surface area contributed by atoms with E-state index in [1.54, 1.807) is 12.1 Å². The van der Waals surface area contributed by atoms with E-state index in [2.05, 4.69) is 16.4 Å². The van der Waals surface area contributed by atoms with Crippen LogP contribution in [0, 0.1) is 5.82 Å². The number of halogens is 1. The summed E-state index contributed by atoms with van der Waals surface area (Å²) in [6.45, 7) is 0. The Morgan fingerprint density at radius 3 is 2.38 bits per heavy atom. The normalized spacial score (nSPS) is 14.1. The minimum absolute atomic E-state index is 0.114. The van der Waals surface area contributed by atoms with Crippen molar-refractivity contribution in [2.45, 2.75) is 0 Å². The quantitative estimate of drug-likeness (QED) is 0.422. The van der Waals surface area contributed by atoms with E-state index in [4.69, 9.17) is 0 Å². The number of aromatic nitrogens is 1. The van der Waals surface area contributed by atoms with E-state index in [0.29, 0.717) is 5.57 Å². The first-order valence-electron chi connectivity index (χ1n) is 9.35. The maximum atomic E-state index is 13.3. The predicted octanol–water partition coefficient (Wildman–Crippen LogP) is 5.98. The van der Waals surface area contributed by atoms with Crippen molar-refractivity contribution >= 4 is 23.2 Å². The smallest absolute Gasteiger partial charge is 0.256 e. The van der Waals surface area contributed by atoms with Crippen molar-refractivity contribution in [3.63, 3.8) is 0 Å². The number of carbonyl (C=O) groups excluding carboxylic acids is 1. The highest BCUT2D eigenvalue weighted by molar-refractivity contribution is 6.36. The van der Waals surface area contributed by atoms with Gasteiger partial charge in [0, 0.05) is 23.1 Å². The summed E-state index contributed by atoms with van der Waals surface area (Å²) >= 11 is 0. The van der Waals surface area contributed by atoms with Gasteiger partial charge >= 0.3 is 0 Å². The average Bonchev–Trinajstić information content (AvgIpc) is 3.37. The van der Waals surface area contributed by atoms with Crippen LogP contribution in [0.3, 0.4) is 0 Å². The van der Waals surface area contributed by atoms with E-state index in [1.165, 1.54) is 12.1 Å². The second-order valence-corrected chi connectivity index (χ2v) is 6.95. The monoisotopic (exact) mass is 380 g/mol. The number of hydrogen-bond acceptors (Lipinski definition) is 1. The van der Waals surface area contributed by atoms with Crippen LogP contribution in [0.1, 0.15) is 11.3 Å². The van der Waals surface area contributed by atoms with E-state index < -0.39 is 0 Å². The third-order valence-corrected chi connectivity index (χ3v) is 5.10. The van der Waals surface area contributed by atoms with Crippen LogP contribution in [0.5, 0.6) is 0 Å². The Kier molecular flexibility index (Phi) is 4.10. The van der Waals surface area contributed by atoms with Crippen LogP contribution in [0.25, 0.3) is 33.9 Å². The fourth-order valence-corrected chi connectivity index (χ4v) is 3.73. The molecular weight excluding hydrogens is 363 g/mol. The second kappa shape index (κ2) is 6.91. The van der Waals surface area contributed by atoms with Crippen LogP contribution in [0.15, 0.2) is 85.1 Å². The van der Waals surface area contributed by atoms with Gasteiger partial charge in [-0.25, -0.2) is 4.39 Å². The van der Waals surface area contributed by atoms with E-state index >= 15 is 0 Å². The number of nitrogens with one attached hydrogen (secondary N) is 2. The van der Waals surface area contributed by atoms with Gasteiger partial charge in [0.05, 0.1) is 5.57 Å². The molecule has 1 aromatic heterocycles. The van der Waals surface area contributed by atoms with Crippen LogP contribution < -0.4 is 5.32 Å². The third-order valence-electron chi connectivity index (χ3n) is 5.10. The highest BCUT2D eigenvalue weighted by Gasteiger charge is 2.27. The zero-order valence-corrected chi connectivity index (χ0v) is 15.4. The number of fused-ring (bicyclic) bond motifs is 1. The van der Waals surface area contributed by atoms with Gasteiger partial charge in [-0.3, -0.25) is 4.79 Å². The van der Waals surface area contributed by atoms with Crippen LogP contribution >= 0.6 is 0 Å². The molecule has 2 N–H and O–H groups in total. The lowest BCUT2D eigenvalue weighted by atomic mass is 9.92. The molecule has 1 amide bonds. The standard InChI is InChI=1S/C25H17FN2O/c26-19-11-9-16(10-12-19)17-4-1-5-18(14-17)21-7-2-8-23-24(21)22(25(29)28-23)15-20-6-3-13-27-20/h1-15,27H,(H,28,29). The Morgan fingerprint density at radius 2 is 1.59 bits per heavy atom. The molecule has 2 heterocycles. The second-order valence-electron chi connectivity index (χ2n) is 6.95. The molecule has 0 atom stereocenters. The van der Waals surface area contributed by atoms with Crippen LogP contribution in [0.4, 0.5) is 10.1 Å². The zero-order valence-electron chi connectivity index (χ0n) is 15.4. The van der Waals surface area contributed by atoms with Crippen molar-refractivity contribution in [3.8, 4) is 22.3 Å². The molecule has 0 saturated heterocycles. The molecule has 1 aliphatic heterocycles. The van der Waals surface area contributed by atoms with Gasteiger partial charge in [-0.1, -0.05) is 42.5 Å². The molecule has 0 unspecified atom stereocenters. The summed E-state index contributed by atoms with van der Waals surface area (Å²) in [6, 6.07) is 24.2. The number of benzene rings is 3. The molecule has 3 aromatic carbocycles. The summed E-state index contributed by atoms with van der Waals surface area (Å²) in [6.07, 6.45) is 3.70. The van der Waals surface area contributed by atoms with E-state index in [1.807, 2.05) is 60.8 Å². The lowest BCUT2D eigenvalue weighted by molar-refractivity contribution is -0.110. The number of amides is 1. The molecule has 0 radical (unpaired) electrons. The average molecular weight is 380 g/mol. The number of rotatable bonds is 3. The molecule has 4 aromatic rings. The topological polar surface area (TPSA) is 44.9 Å². The number of hydrogen-bond donors (Lipinski definition) is 2. The van der Waals surface area contributed by atoms with Crippen LogP contribution in [-0.4, -0.2) is 10.9 Å². The summed E-state index contributed by atoms with van der Waals surface area (Å²) in [7, 11) is 0. The fourth-order valence-electron chi connectivity index (χ4n) is 3.73. The first-order chi connectivity index (χ1) is 14.2. The molecule has 5 rings (SSSR count). The van der Waals surface area contributed by atoms with Gasteiger partial charge < -0.3 is 10.3 Å². The Balaban J connectivity index is 1.64. The Morgan fingerprint density at radius 1 is 0.793 bits per heavy atom. The van der Waals surface area contributed by atoms with Crippen LogP contribution in [0.2, 0.25) is 0 Å². The summed E-state index contributed by atoms with van der Waals surface area (Å²) < 4.78 is 13.3. The number of H-pyrrole nitrogens is 1. The highest BCUT2D eigenvalue weighted by Crippen LogP contribution is 2.41. The zero-order chi connectivity index (χ0) is 19.8. The van der Waals surface area contributed by atoms with Crippen molar-refractivity contribution in [2.75, 3.05) is 5.32 Å². The summed E-state index contributed by atoms with van der Waals surface area (Å²) in [5.74, 6) is -0.369. The number of aromatic amines is 1. The van der Waals surface area contributed by atoms with Gasteiger partial charge in [0.25, 0.3) is 5.91 Å². The Bertz CT molecular complexity index is 1240. The van der Waals surface area contributed by atoms with Gasteiger partial charge in [-0.15, -0.1) is 0 Å². The van der Waals surface area contributed by atoms with Crippen molar-refractivity contribution in [1.82, 2.24) is 4.98 Å². The first-order valence-corrected chi connectivity index (χ1v) is 9.35. The van der Waals surface area contributed by atoms with E-state index in [0.717, 1.165) is 39.2 Å². The summed E-state index contributed by atoms with van der Waals surface area (Å²) in [5.41, 5.74) is 7.11. The molecule has 0 saturated carbocycles. The fraction of sp³-hybridized carbons (Fsp3) is 0. The SMILES string of the molecule is O=C1Nc2cccc(-c3cccc(-c4ccc(F)cc4)c3)c2C1=Cc1ccc[nH]1. The summed E-state index contributed by atoms with van der Waals surface area (Å²) in [5, 5.41) is 2.96. The molecule has 0 bridgehead atoms.